The fourth-order valence-electron chi connectivity index (χ4n) is 3.05. The number of likely N-dealkylation sites (tertiary alicyclic amines) is 1. The molecule has 2 amide bonds. The monoisotopic (exact) mass is 288 g/mol. The lowest BCUT2D eigenvalue weighted by Crippen LogP contribution is -2.34. The van der Waals surface area contributed by atoms with Gasteiger partial charge in [-0.05, 0) is 30.7 Å². The fourth-order valence-corrected chi connectivity index (χ4v) is 3.05. The predicted octanol–water partition coefficient (Wildman–Crippen LogP) is 1.58. The SMILES string of the molecule is O=C1CC2(CCN(C/C=C/c3ccc(F)cc3)C2)C(=O)N1. The molecule has 1 aromatic carbocycles. The lowest BCUT2D eigenvalue weighted by Gasteiger charge is -2.19. The van der Waals surface area contributed by atoms with Crippen molar-refractivity contribution in [2.45, 2.75) is 12.8 Å². The average Bonchev–Trinajstić information content (AvgIpc) is 2.97. The number of hydrogen-bond acceptors (Lipinski definition) is 3. The third kappa shape index (κ3) is 2.88. The molecule has 21 heavy (non-hydrogen) atoms. The molecule has 1 atom stereocenters. The highest BCUT2D eigenvalue weighted by molar-refractivity contribution is 6.06. The molecule has 4 nitrogen and oxygen atoms in total. The Balaban J connectivity index is 1.57. The number of hydrogen-bond donors (Lipinski definition) is 1. The number of benzene rings is 1. The minimum absolute atomic E-state index is 0.127. The summed E-state index contributed by atoms with van der Waals surface area (Å²) in [5.41, 5.74) is 0.431. The normalized spacial score (nSPS) is 26.1. The minimum Gasteiger partial charge on any atom is -0.299 e. The third-order valence-electron chi connectivity index (χ3n) is 4.21. The van der Waals surface area contributed by atoms with Crippen LogP contribution in [0, 0.1) is 11.2 Å². The number of imide groups is 1. The topological polar surface area (TPSA) is 49.4 Å². The molecule has 0 aromatic heterocycles. The molecule has 2 aliphatic rings. The van der Waals surface area contributed by atoms with Crippen LogP contribution < -0.4 is 5.32 Å². The second-order valence-electron chi connectivity index (χ2n) is 5.77. The van der Waals surface area contributed by atoms with Gasteiger partial charge in [-0.15, -0.1) is 0 Å². The van der Waals surface area contributed by atoms with Gasteiger partial charge in [-0.2, -0.15) is 0 Å². The summed E-state index contributed by atoms with van der Waals surface area (Å²) in [7, 11) is 0. The van der Waals surface area contributed by atoms with Gasteiger partial charge < -0.3 is 0 Å². The Hall–Kier alpha value is -2.01. The summed E-state index contributed by atoms with van der Waals surface area (Å²) < 4.78 is 12.8. The Morgan fingerprint density at radius 3 is 2.71 bits per heavy atom. The third-order valence-corrected chi connectivity index (χ3v) is 4.21. The van der Waals surface area contributed by atoms with Crippen molar-refractivity contribution < 1.29 is 14.0 Å². The molecule has 5 heteroatoms. The number of amides is 2. The van der Waals surface area contributed by atoms with Crippen LogP contribution in [-0.2, 0) is 9.59 Å². The van der Waals surface area contributed by atoms with Crippen LogP contribution in [0.2, 0.25) is 0 Å². The molecular weight excluding hydrogens is 271 g/mol. The van der Waals surface area contributed by atoms with E-state index in [-0.39, 0.29) is 17.6 Å². The van der Waals surface area contributed by atoms with Crippen molar-refractivity contribution in [2.24, 2.45) is 5.41 Å². The summed E-state index contributed by atoms with van der Waals surface area (Å²) in [6, 6.07) is 6.30. The molecule has 1 spiro atoms. The highest BCUT2D eigenvalue weighted by Gasteiger charge is 2.50. The summed E-state index contributed by atoms with van der Waals surface area (Å²) in [6.45, 7) is 2.16. The molecule has 3 rings (SSSR count). The number of nitrogens with one attached hydrogen (secondary N) is 1. The van der Waals surface area contributed by atoms with Gasteiger partial charge >= 0.3 is 0 Å². The van der Waals surface area contributed by atoms with Crippen molar-refractivity contribution >= 4 is 17.9 Å². The highest BCUT2D eigenvalue weighted by atomic mass is 19.1. The number of halogens is 1. The molecule has 2 heterocycles. The molecule has 110 valence electrons. The van der Waals surface area contributed by atoms with E-state index in [1.807, 2.05) is 12.2 Å². The Morgan fingerprint density at radius 2 is 2.05 bits per heavy atom. The first-order chi connectivity index (χ1) is 10.1. The maximum atomic E-state index is 12.8. The van der Waals surface area contributed by atoms with Gasteiger partial charge in [-0.25, -0.2) is 4.39 Å². The summed E-state index contributed by atoms with van der Waals surface area (Å²) in [5.74, 6) is -0.535. The van der Waals surface area contributed by atoms with E-state index in [2.05, 4.69) is 10.2 Å². The van der Waals surface area contributed by atoms with E-state index in [1.54, 1.807) is 12.1 Å². The van der Waals surface area contributed by atoms with E-state index in [9.17, 15) is 14.0 Å². The van der Waals surface area contributed by atoms with E-state index in [1.165, 1.54) is 12.1 Å². The van der Waals surface area contributed by atoms with Crippen LogP contribution in [0.25, 0.3) is 6.08 Å². The number of nitrogens with zero attached hydrogens (tertiary/aromatic N) is 1. The van der Waals surface area contributed by atoms with E-state index >= 15 is 0 Å². The quantitative estimate of drug-likeness (QED) is 0.859. The zero-order valence-corrected chi connectivity index (χ0v) is 11.6. The van der Waals surface area contributed by atoms with Gasteiger partial charge in [0, 0.05) is 19.5 Å². The molecular formula is C16H17FN2O2. The molecule has 2 fully saturated rings. The minimum atomic E-state index is -0.513. The van der Waals surface area contributed by atoms with Crippen molar-refractivity contribution in [3.05, 3.63) is 41.7 Å². The Kier molecular flexibility index (Phi) is 3.59. The number of carbonyl (C=O) groups is 2. The zero-order chi connectivity index (χ0) is 14.9. The van der Waals surface area contributed by atoms with E-state index in [0.717, 1.165) is 25.1 Å². The summed E-state index contributed by atoms with van der Waals surface area (Å²) in [6.07, 6.45) is 4.98. The van der Waals surface area contributed by atoms with Crippen molar-refractivity contribution in [1.29, 1.82) is 0 Å². The van der Waals surface area contributed by atoms with Crippen LogP contribution in [0.5, 0.6) is 0 Å². The molecule has 0 bridgehead atoms. The zero-order valence-electron chi connectivity index (χ0n) is 11.6. The average molecular weight is 288 g/mol. The standard InChI is InChI=1S/C16H17FN2O2/c17-13-5-3-12(4-6-13)2-1-8-19-9-7-16(11-19)10-14(20)18-15(16)21/h1-6H,7-11H2,(H,18,20,21)/b2-1+. The van der Waals surface area contributed by atoms with Gasteiger partial charge in [0.05, 0.1) is 5.41 Å². The van der Waals surface area contributed by atoms with Gasteiger partial charge in [0.25, 0.3) is 0 Å². The van der Waals surface area contributed by atoms with Crippen LogP contribution in [0.3, 0.4) is 0 Å². The first kappa shape index (κ1) is 13.9. The van der Waals surface area contributed by atoms with Crippen LogP contribution in [0.15, 0.2) is 30.3 Å². The second kappa shape index (κ2) is 5.41. The van der Waals surface area contributed by atoms with Gasteiger partial charge in [-0.1, -0.05) is 24.3 Å². The summed E-state index contributed by atoms with van der Waals surface area (Å²) in [4.78, 5) is 25.4. The van der Waals surface area contributed by atoms with Crippen LogP contribution in [0.4, 0.5) is 4.39 Å². The Labute approximate surface area is 122 Å². The van der Waals surface area contributed by atoms with Gasteiger partial charge in [-0.3, -0.25) is 19.8 Å². The van der Waals surface area contributed by atoms with Crippen LogP contribution in [-0.4, -0.2) is 36.3 Å². The largest absolute Gasteiger partial charge is 0.299 e. The van der Waals surface area contributed by atoms with E-state index < -0.39 is 5.41 Å². The van der Waals surface area contributed by atoms with E-state index in [4.69, 9.17) is 0 Å². The smallest absolute Gasteiger partial charge is 0.234 e. The maximum Gasteiger partial charge on any atom is 0.234 e. The van der Waals surface area contributed by atoms with Crippen molar-refractivity contribution in [3.8, 4) is 0 Å². The van der Waals surface area contributed by atoms with Crippen molar-refractivity contribution in [3.63, 3.8) is 0 Å². The Morgan fingerprint density at radius 1 is 1.29 bits per heavy atom. The number of carbonyl (C=O) groups excluding carboxylic acids is 2. The van der Waals surface area contributed by atoms with Gasteiger partial charge in [0.15, 0.2) is 0 Å². The summed E-state index contributed by atoms with van der Waals surface area (Å²) >= 11 is 0. The first-order valence-corrected chi connectivity index (χ1v) is 7.06. The van der Waals surface area contributed by atoms with Crippen molar-refractivity contribution in [1.82, 2.24) is 10.2 Å². The molecule has 2 aliphatic heterocycles. The fraction of sp³-hybridized carbons (Fsp3) is 0.375. The first-order valence-electron chi connectivity index (χ1n) is 7.06. The van der Waals surface area contributed by atoms with Crippen LogP contribution in [0.1, 0.15) is 18.4 Å². The van der Waals surface area contributed by atoms with E-state index in [0.29, 0.717) is 13.0 Å². The molecule has 0 aliphatic carbocycles. The molecule has 2 saturated heterocycles. The van der Waals surface area contributed by atoms with Crippen LogP contribution >= 0.6 is 0 Å². The number of rotatable bonds is 3. The molecule has 1 N–H and O–H groups in total. The molecule has 1 aromatic rings. The summed E-state index contributed by atoms with van der Waals surface area (Å²) in [5, 5.41) is 2.40. The van der Waals surface area contributed by atoms with Gasteiger partial charge in [0.2, 0.25) is 11.8 Å². The van der Waals surface area contributed by atoms with Gasteiger partial charge in [0.1, 0.15) is 5.82 Å². The molecule has 0 saturated carbocycles. The Bertz CT molecular complexity index is 597. The molecule has 0 radical (unpaired) electrons. The maximum absolute atomic E-state index is 12.8. The predicted molar refractivity (Wildman–Crippen MR) is 76.7 cm³/mol. The second-order valence-corrected chi connectivity index (χ2v) is 5.77. The lowest BCUT2D eigenvalue weighted by molar-refractivity contribution is -0.128. The highest BCUT2D eigenvalue weighted by Crippen LogP contribution is 2.37. The van der Waals surface area contributed by atoms with Crippen molar-refractivity contribution in [2.75, 3.05) is 19.6 Å². The lowest BCUT2D eigenvalue weighted by atomic mass is 9.85. The molecule has 1 unspecified atom stereocenters.